The standard InChI is InChI=1S/C13H19N5O2/c1-4-20-8-9(2)18-13(15-16-17-18)11-7-10(14)5-6-12(11)19-3/h5-7,9H,4,8,14H2,1-3H3. The van der Waals surface area contributed by atoms with Crippen LogP contribution in [0.25, 0.3) is 11.4 Å². The third-order valence-corrected chi connectivity index (χ3v) is 2.94. The van der Waals surface area contributed by atoms with Crippen LogP contribution >= 0.6 is 0 Å². The van der Waals surface area contributed by atoms with Crippen LogP contribution < -0.4 is 10.5 Å². The summed E-state index contributed by atoms with van der Waals surface area (Å²) in [6, 6.07) is 5.40. The summed E-state index contributed by atoms with van der Waals surface area (Å²) >= 11 is 0. The predicted octanol–water partition coefficient (Wildman–Crippen LogP) is 1.53. The molecule has 0 saturated carbocycles. The van der Waals surface area contributed by atoms with Crippen molar-refractivity contribution in [3.63, 3.8) is 0 Å². The van der Waals surface area contributed by atoms with E-state index in [2.05, 4.69) is 15.5 Å². The van der Waals surface area contributed by atoms with Crippen molar-refractivity contribution >= 4 is 5.69 Å². The van der Waals surface area contributed by atoms with Crippen LogP contribution in [0.15, 0.2) is 18.2 Å². The van der Waals surface area contributed by atoms with Crippen LogP contribution in [0.2, 0.25) is 0 Å². The number of rotatable bonds is 6. The van der Waals surface area contributed by atoms with Crippen LogP contribution in [0.3, 0.4) is 0 Å². The molecule has 20 heavy (non-hydrogen) atoms. The number of hydrogen-bond donors (Lipinski definition) is 1. The van der Waals surface area contributed by atoms with E-state index in [4.69, 9.17) is 15.2 Å². The van der Waals surface area contributed by atoms with E-state index in [9.17, 15) is 0 Å². The van der Waals surface area contributed by atoms with Gasteiger partial charge in [-0.1, -0.05) is 0 Å². The van der Waals surface area contributed by atoms with E-state index in [1.807, 2.05) is 13.8 Å². The smallest absolute Gasteiger partial charge is 0.186 e. The normalized spacial score (nSPS) is 12.3. The highest BCUT2D eigenvalue weighted by Gasteiger charge is 2.18. The Morgan fingerprint density at radius 3 is 2.90 bits per heavy atom. The highest BCUT2D eigenvalue weighted by atomic mass is 16.5. The molecule has 0 fully saturated rings. The molecule has 1 atom stereocenters. The number of nitrogens with two attached hydrogens (primary N) is 1. The molecule has 1 aromatic heterocycles. The summed E-state index contributed by atoms with van der Waals surface area (Å²) in [5.41, 5.74) is 7.23. The minimum Gasteiger partial charge on any atom is -0.496 e. The van der Waals surface area contributed by atoms with Gasteiger partial charge in [0, 0.05) is 12.3 Å². The molecule has 7 nitrogen and oxygen atoms in total. The SMILES string of the molecule is CCOCC(C)n1nnnc1-c1cc(N)ccc1OC. The molecular weight excluding hydrogens is 258 g/mol. The van der Waals surface area contributed by atoms with Crippen LogP contribution in [0.4, 0.5) is 5.69 Å². The van der Waals surface area contributed by atoms with Crippen molar-refractivity contribution in [3.05, 3.63) is 18.2 Å². The van der Waals surface area contributed by atoms with Gasteiger partial charge in [-0.15, -0.1) is 5.10 Å². The molecular formula is C13H19N5O2. The highest BCUT2D eigenvalue weighted by molar-refractivity contribution is 5.68. The minimum atomic E-state index is 0.0195. The lowest BCUT2D eigenvalue weighted by atomic mass is 10.1. The number of methoxy groups -OCH3 is 1. The number of ether oxygens (including phenoxy) is 2. The lowest BCUT2D eigenvalue weighted by Gasteiger charge is -2.14. The zero-order valence-electron chi connectivity index (χ0n) is 11.9. The Morgan fingerprint density at radius 2 is 2.20 bits per heavy atom. The summed E-state index contributed by atoms with van der Waals surface area (Å²) < 4.78 is 12.5. The second-order valence-corrected chi connectivity index (χ2v) is 4.42. The van der Waals surface area contributed by atoms with Crippen molar-refractivity contribution in [3.8, 4) is 17.1 Å². The maximum Gasteiger partial charge on any atom is 0.186 e. The Kier molecular flexibility index (Phi) is 4.52. The van der Waals surface area contributed by atoms with Crippen molar-refractivity contribution in [2.24, 2.45) is 0 Å². The molecule has 0 aliphatic heterocycles. The number of anilines is 1. The fraction of sp³-hybridized carbons (Fsp3) is 0.462. The van der Waals surface area contributed by atoms with Gasteiger partial charge in [0.1, 0.15) is 5.75 Å². The Balaban J connectivity index is 2.39. The van der Waals surface area contributed by atoms with Crippen molar-refractivity contribution in [2.45, 2.75) is 19.9 Å². The van der Waals surface area contributed by atoms with Gasteiger partial charge < -0.3 is 15.2 Å². The van der Waals surface area contributed by atoms with Crippen molar-refractivity contribution in [2.75, 3.05) is 26.1 Å². The molecule has 0 spiro atoms. The number of aromatic nitrogens is 4. The monoisotopic (exact) mass is 277 g/mol. The summed E-state index contributed by atoms with van der Waals surface area (Å²) in [7, 11) is 1.60. The Hall–Kier alpha value is -2.15. The second kappa shape index (κ2) is 6.33. The molecule has 0 radical (unpaired) electrons. The van der Waals surface area contributed by atoms with Crippen molar-refractivity contribution in [1.29, 1.82) is 0 Å². The summed E-state index contributed by atoms with van der Waals surface area (Å²) in [6.45, 7) is 5.14. The lowest BCUT2D eigenvalue weighted by molar-refractivity contribution is 0.115. The third kappa shape index (κ3) is 2.88. The summed E-state index contributed by atoms with van der Waals surface area (Å²) in [5.74, 6) is 1.29. The minimum absolute atomic E-state index is 0.0195. The van der Waals surface area contributed by atoms with Crippen LogP contribution in [0.5, 0.6) is 5.75 Å². The molecule has 0 aliphatic rings. The average molecular weight is 277 g/mol. The van der Waals surface area contributed by atoms with Crippen molar-refractivity contribution in [1.82, 2.24) is 20.2 Å². The van der Waals surface area contributed by atoms with E-state index < -0.39 is 0 Å². The van der Waals surface area contributed by atoms with Gasteiger partial charge in [0.25, 0.3) is 0 Å². The number of hydrogen-bond acceptors (Lipinski definition) is 6. The second-order valence-electron chi connectivity index (χ2n) is 4.42. The van der Waals surface area contributed by atoms with E-state index in [0.29, 0.717) is 30.5 Å². The predicted molar refractivity (Wildman–Crippen MR) is 75.4 cm³/mol. The summed E-state index contributed by atoms with van der Waals surface area (Å²) in [6.07, 6.45) is 0. The van der Waals surface area contributed by atoms with Gasteiger partial charge in [0.05, 0.1) is 25.3 Å². The first-order valence-electron chi connectivity index (χ1n) is 6.46. The van der Waals surface area contributed by atoms with Crippen LogP contribution in [-0.4, -0.2) is 40.5 Å². The molecule has 1 aromatic carbocycles. The molecule has 108 valence electrons. The van der Waals surface area contributed by atoms with Crippen LogP contribution in [0.1, 0.15) is 19.9 Å². The van der Waals surface area contributed by atoms with Crippen molar-refractivity contribution < 1.29 is 9.47 Å². The molecule has 0 amide bonds. The Labute approximate surface area is 117 Å². The zero-order valence-corrected chi connectivity index (χ0v) is 11.9. The van der Waals surface area contributed by atoms with Gasteiger partial charge in [-0.2, -0.15) is 0 Å². The molecule has 7 heteroatoms. The van der Waals surface area contributed by atoms with Crippen LogP contribution in [-0.2, 0) is 4.74 Å². The Morgan fingerprint density at radius 1 is 1.40 bits per heavy atom. The number of benzene rings is 1. The Bertz CT molecular complexity index is 570. The van der Waals surface area contributed by atoms with E-state index in [1.165, 1.54) is 0 Å². The first-order valence-corrected chi connectivity index (χ1v) is 6.46. The first kappa shape index (κ1) is 14.3. The molecule has 0 aliphatic carbocycles. The van der Waals surface area contributed by atoms with E-state index in [-0.39, 0.29) is 6.04 Å². The molecule has 2 N–H and O–H groups in total. The molecule has 1 heterocycles. The third-order valence-electron chi connectivity index (χ3n) is 2.94. The maximum absolute atomic E-state index is 5.84. The maximum atomic E-state index is 5.84. The fourth-order valence-electron chi connectivity index (χ4n) is 1.93. The van der Waals surface area contributed by atoms with Crippen LogP contribution in [0, 0.1) is 0 Å². The largest absolute Gasteiger partial charge is 0.496 e. The number of tetrazole rings is 1. The molecule has 0 saturated heterocycles. The van der Waals surface area contributed by atoms with Gasteiger partial charge in [0.15, 0.2) is 5.82 Å². The quantitative estimate of drug-likeness (QED) is 0.805. The molecule has 2 rings (SSSR count). The highest BCUT2D eigenvalue weighted by Crippen LogP contribution is 2.31. The first-order chi connectivity index (χ1) is 9.67. The number of nitrogen functional groups attached to an aromatic ring is 1. The van der Waals surface area contributed by atoms with Gasteiger partial charge in [0.2, 0.25) is 0 Å². The van der Waals surface area contributed by atoms with E-state index in [0.717, 1.165) is 5.56 Å². The van der Waals surface area contributed by atoms with Gasteiger partial charge in [-0.3, -0.25) is 0 Å². The fourth-order valence-corrected chi connectivity index (χ4v) is 1.93. The van der Waals surface area contributed by atoms with Gasteiger partial charge >= 0.3 is 0 Å². The topological polar surface area (TPSA) is 88.1 Å². The number of nitrogens with zero attached hydrogens (tertiary/aromatic N) is 4. The van der Waals surface area contributed by atoms with E-state index >= 15 is 0 Å². The summed E-state index contributed by atoms with van der Waals surface area (Å²) in [5, 5.41) is 11.8. The molecule has 1 unspecified atom stereocenters. The van der Waals surface area contributed by atoms with Gasteiger partial charge in [-0.05, 0) is 42.5 Å². The average Bonchev–Trinajstić information content (AvgIpc) is 2.94. The zero-order chi connectivity index (χ0) is 14.5. The summed E-state index contributed by atoms with van der Waals surface area (Å²) in [4.78, 5) is 0. The van der Waals surface area contributed by atoms with Gasteiger partial charge in [-0.25, -0.2) is 4.68 Å². The molecule has 2 aromatic rings. The molecule has 0 bridgehead atoms. The lowest BCUT2D eigenvalue weighted by Crippen LogP contribution is -2.15. The van der Waals surface area contributed by atoms with E-state index in [1.54, 1.807) is 30.0 Å².